The fraction of sp³-hybridized carbons (Fsp3) is 0.118. The minimum Gasteiger partial charge on any atom is -0.483 e. The number of aryl methyl sites for hydroxylation is 1. The molecule has 0 bridgehead atoms. The maximum absolute atomic E-state index is 12.0. The average Bonchev–Trinajstić information content (AvgIpc) is 2.59. The highest BCUT2D eigenvalue weighted by Crippen LogP contribution is 2.27. The van der Waals surface area contributed by atoms with E-state index >= 15 is 0 Å². The number of rotatable bonds is 4. The third-order valence-electron chi connectivity index (χ3n) is 3.11. The average molecular weight is 501 g/mol. The van der Waals surface area contributed by atoms with Crippen molar-refractivity contribution in [1.82, 2.24) is 16.2 Å². The van der Waals surface area contributed by atoms with Crippen LogP contribution in [0.3, 0.4) is 0 Å². The predicted molar refractivity (Wildman–Crippen MR) is 110 cm³/mol. The minimum atomic E-state index is -0.452. The van der Waals surface area contributed by atoms with Crippen LogP contribution in [0, 0.1) is 6.92 Å². The van der Waals surface area contributed by atoms with Gasteiger partial charge in [-0.1, -0.05) is 33.6 Å². The number of carbonyl (C=O) groups excluding carboxylic acids is 2. The lowest BCUT2D eigenvalue weighted by atomic mass is 10.1. The van der Waals surface area contributed by atoms with Crippen LogP contribution in [0.15, 0.2) is 51.4 Å². The fourth-order valence-electron chi connectivity index (χ4n) is 1.81. The van der Waals surface area contributed by atoms with E-state index in [0.717, 1.165) is 10.0 Å². The zero-order chi connectivity index (χ0) is 19.1. The quantitative estimate of drug-likeness (QED) is 0.443. The number of halogens is 2. The van der Waals surface area contributed by atoms with Crippen molar-refractivity contribution in [3.63, 3.8) is 0 Å². The Balaban J connectivity index is 1.75. The smallest absolute Gasteiger partial charge is 0.276 e. The molecule has 9 heteroatoms. The van der Waals surface area contributed by atoms with E-state index in [9.17, 15) is 9.59 Å². The van der Waals surface area contributed by atoms with Crippen LogP contribution in [-0.4, -0.2) is 23.5 Å². The lowest BCUT2D eigenvalue weighted by Gasteiger charge is -2.12. The molecule has 0 aliphatic heterocycles. The van der Waals surface area contributed by atoms with E-state index in [1.165, 1.54) is 0 Å². The summed E-state index contributed by atoms with van der Waals surface area (Å²) in [5.74, 6) is -0.294. The molecule has 0 atom stereocenters. The van der Waals surface area contributed by atoms with Crippen molar-refractivity contribution in [1.29, 1.82) is 0 Å². The summed E-state index contributed by atoms with van der Waals surface area (Å²) in [7, 11) is 0. The Hall–Kier alpha value is -1.97. The molecular formula is C17H15Br2N3O3S. The van der Waals surface area contributed by atoms with Crippen molar-refractivity contribution >= 4 is 61.0 Å². The van der Waals surface area contributed by atoms with Gasteiger partial charge in [0.15, 0.2) is 11.7 Å². The predicted octanol–water partition coefficient (Wildman–Crippen LogP) is 3.23. The molecule has 2 rings (SSSR count). The van der Waals surface area contributed by atoms with E-state index in [1.54, 1.807) is 30.3 Å². The molecular weight excluding hydrogens is 486 g/mol. The van der Waals surface area contributed by atoms with Gasteiger partial charge in [-0.25, -0.2) is 0 Å². The molecule has 0 fully saturated rings. The van der Waals surface area contributed by atoms with E-state index in [0.29, 0.717) is 15.8 Å². The fourth-order valence-corrected chi connectivity index (χ4v) is 3.11. The van der Waals surface area contributed by atoms with E-state index in [1.807, 2.05) is 19.1 Å². The molecule has 0 saturated carbocycles. The van der Waals surface area contributed by atoms with Gasteiger partial charge in [-0.2, -0.15) is 0 Å². The molecule has 0 spiro atoms. The molecule has 0 aliphatic carbocycles. The summed E-state index contributed by atoms with van der Waals surface area (Å²) in [5, 5.41) is 2.45. The normalized spacial score (nSPS) is 9.96. The number of nitrogens with one attached hydrogen (secondary N) is 3. The van der Waals surface area contributed by atoms with Gasteiger partial charge >= 0.3 is 0 Å². The first-order valence-corrected chi connectivity index (χ1v) is 9.39. The number of hydrogen-bond acceptors (Lipinski definition) is 4. The van der Waals surface area contributed by atoms with Crippen LogP contribution >= 0.6 is 44.1 Å². The molecule has 0 saturated heterocycles. The summed E-state index contributed by atoms with van der Waals surface area (Å²) in [6, 6.07) is 12.4. The second kappa shape index (κ2) is 9.65. The highest BCUT2D eigenvalue weighted by atomic mass is 79.9. The maximum Gasteiger partial charge on any atom is 0.276 e. The number of amides is 2. The number of thiocarbonyl (C=S) groups is 1. The van der Waals surface area contributed by atoms with E-state index in [2.05, 4.69) is 48.0 Å². The highest BCUT2D eigenvalue weighted by Gasteiger charge is 2.09. The SMILES string of the molecule is Cc1ccc(C(=O)NC(=S)NNC(=O)COc2ccc(Br)cc2Br)cc1. The van der Waals surface area contributed by atoms with Crippen LogP contribution in [0.4, 0.5) is 0 Å². The first-order chi connectivity index (χ1) is 12.3. The van der Waals surface area contributed by atoms with E-state index < -0.39 is 5.91 Å². The van der Waals surface area contributed by atoms with Crippen LogP contribution in [0.25, 0.3) is 0 Å². The Bertz CT molecular complexity index is 829. The van der Waals surface area contributed by atoms with Crippen molar-refractivity contribution in [2.24, 2.45) is 0 Å². The van der Waals surface area contributed by atoms with Gasteiger partial charge in [0.05, 0.1) is 4.47 Å². The molecule has 26 heavy (non-hydrogen) atoms. The van der Waals surface area contributed by atoms with E-state index in [-0.39, 0.29) is 17.6 Å². The van der Waals surface area contributed by atoms with Crippen molar-refractivity contribution in [3.8, 4) is 5.75 Å². The lowest BCUT2D eigenvalue weighted by Crippen LogP contribution is -2.49. The second-order valence-electron chi connectivity index (χ2n) is 5.19. The van der Waals surface area contributed by atoms with Gasteiger partial charge in [0.25, 0.3) is 11.8 Å². The van der Waals surface area contributed by atoms with Crippen LogP contribution < -0.4 is 20.9 Å². The summed E-state index contributed by atoms with van der Waals surface area (Å²) in [4.78, 5) is 23.8. The second-order valence-corrected chi connectivity index (χ2v) is 7.36. The lowest BCUT2D eigenvalue weighted by molar-refractivity contribution is -0.123. The van der Waals surface area contributed by atoms with Gasteiger partial charge in [-0.15, -0.1) is 0 Å². The molecule has 3 N–H and O–H groups in total. The number of hydrazine groups is 1. The van der Waals surface area contributed by atoms with Gasteiger partial charge in [0.1, 0.15) is 5.75 Å². The Morgan fingerprint density at radius 1 is 1.08 bits per heavy atom. The standard InChI is InChI=1S/C17H15Br2N3O3S/c1-10-2-4-11(5-3-10)16(24)20-17(26)22-21-15(23)9-25-14-7-6-12(18)8-13(14)19/h2-8H,9H2,1H3,(H,21,23)(H2,20,22,24,26). The Kier molecular flexibility index (Phi) is 7.55. The number of benzene rings is 2. The van der Waals surface area contributed by atoms with Gasteiger partial charge in [0.2, 0.25) is 0 Å². The third-order valence-corrected chi connectivity index (χ3v) is 4.43. The summed E-state index contributed by atoms with van der Waals surface area (Å²) in [5.41, 5.74) is 6.33. The molecule has 2 amide bonds. The van der Waals surface area contributed by atoms with Crippen LogP contribution in [-0.2, 0) is 4.79 Å². The Morgan fingerprint density at radius 3 is 2.42 bits per heavy atom. The van der Waals surface area contributed by atoms with E-state index in [4.69, 9.17) is 17.0 Å². The Labute approximate surface area is 172 Å². The molecule has 0 unspecified atom stereocenters. The first kappa shape index (κ1) is 20.3. The molecule has 2 aromatic rings. The summed E-state index contributed by atoms with van der Waals surface area (Å²) < 4.78 is 7.00. The summed E-state index contributed by atoms with van der Waals surface area (Å²) in [6.45, 7) is 1.71. The van der Waals surface area contributed by atoms with Crippen molar-refractivity contribution in [2.45, 2.75) is 6.92 Å². The summed E-state index contributed by atoms with van der Waals surface area (Å²) >= 11 is 11.7. The van der Waals surface area contributed by atoms with Crippen molar-refractivity contribution in [3.05, 3.63) is 62.5 Å². The topological polar surface area (TPSA) is 79.5 Å². The zero-order valence-electron chi connectivity index (χ0n) is 13.6. The highest BCUT2D eigenvalue weighted by molar-refractivity contribution is 9.11. The van der Waals surface area contributed by atoms with Crippen LogP contribution in [0.1, 0.15) is 15.9 Å². The zero-order valence-corrected chi connectivity index (χ0v) is 17.6. The molecule has 0 heterocycles. The number of carbonyl (C=O) groups is 2. The van der Waals surface area contributed by atoms with Crippen molar-refractivity contribution < 1.29 is 14.3 Å². The van der Waals surface area contributed by atoms with Gasteiger partial charge in [0, 0.05) is 10.0 Å². The Morgan fingerprint density at radius 2 is 1.77 bits per heavy atom. The number of ether oxygens (including phenoxy) is 1. The molecule has 136 valence electrons. The molecule has 0 radical (unpaired) electrons. The monoisotopic (exact) mass is 499 g/mol. The minimum absolute atomic E-state index is 0.0197. The molecule has 0 aromatic heterocycles. The largest absolute Gasteiger partial charge is 0.483 e. The van der Waals surface area contributed by atoms with Gasteiger partial charge < -0.3 is 4.74 Å². The van der Waals surface area contributed by atoms with Crippen LogP contribution in [0.2, 0.25) is 0 Å². The van der Waals surface area contributed by atoms with Crippen molar-refractivity contribution in [2.75, 3.05) is 6.61 Å². The molecule has 6 nitrogen and oxygen atoms in total. The molecule has 0 aliphatic rings. The van der Waals surface area contributed by atoms with Gasteiger partial charge in [-0.05, 0) is 65.4 Å². The first-order valence-electron chi connectivity index (χ1n) is 7.40. The molecule has 2 aromatic carbocycles. The maximum atomic E-state index is 12.0. The summed E-state index contributed by atoms with van der Waals surface area (Å²) in [6.07, 6.45) is 0. The number of hydrogen-bond donors (Lipinski definition) is 3. The third kappa shape index (κ3) is 6.40. The van der Waals surface area contributed by atoms with Crippen LogP contribution in [0.5, 0.6) is 5.75 Å². The van der Waals surface area contributed by atoms with Gasteiger partial charge in [-0.3, -0.25) is 25.8 Å².